The monoisotopic (exact) mass is 311 g/mol. The first kappa shape index (κ1) is 12.8. The molecular formula is C13H11BrFNO2. The van der Waals surface area contributed by atoms with Crippen molar-refractivity contribution >= 4 is 27.5 Å². The van der Waals surface area contributed by atoms with Crippen LogP contribution in [0.2, 0.25) is 0 Å². The van der Waals surface area contributed by atoms with E-state index in [1.165, 1.54) is 24.3 Å². The lowest BCUT2D eigenvalue weighted by Crippen LogP contribution is -2.27. The van der Waals surface area contributed by atoms with E-state index in [9.17, 15) is 9.18 Å². The van der Waals surface area contributed by atoms with Gasteiger partial charge in [0.1, 0.15) is 11.6 Å². The molecule has 0 aliphatic heterocycles. The second kappa shape index (κ2) is 4.94. The summed E-state index contributed by atoms with van der Waals surface area (Å²) in [6.45, 7) is 1.69. The van der Waals surface area contributed by atoms with E-state index in [0.717, 1.165) is 0 Å². The molecule has 3 nitrogen and oxygen atoms in total. The average Bonchev–Trinajstić information content (AvgIpc) is 2.74. The van der Waals surface area contributed by atoms with Gasteiger partial charge in [-0.1, -0.05) is 15.9 Å². The molecule has 18 heavy (non-hydrogen) atoms. The van der Waals surface area contributed by atoms with Crippen LogP contribution in [0, 0.1) is 12.7 Å². The fourth-order valence-electron chi connectivity index (χ4n) is 1.65. The molecule has 0 bridgehead atoms. The molecule has 94 valence electrons. The zero-order chi connectivity index (χ0) is 13.3. The van der Waals surface area contributed by atoms with E-state index in [2.05, 4.69) is 15.9 Å². The molecule has 5 heteroatoms. The Morgan fingerprint density at radius 1 is 1.39 bits per heavy atom. The largest absolute Gasteiger partial charge is 0.469 e. The molecule has 2 rings (SSSR count). The molecule has 1 heterocycles. The lowest BCUT2D eigenvalue weighted by atomic mass is 10.2. The summed E-state index contributed by atoms with van der Waals surface area (Å²) in [5.41, 5.74) is 0.656. The molecule has 0 spiro atoms. The molecule has 0 aliphatic carbocycles. The number of rotatable bonds is 2. The summed E-state index contributed by atoms with van der Waals surface area (Å²) in [4.78, 5) is 13.4. The number of aryl methyl sites for hydroxylation is 1. The van der Waals surface area contributed by atoms with E-state index in [4.69, 9.17) is 4.42 Å². The van der Waals surface area contributed by atoms with Crippen molar-refractivity contribution in [3.05, 3.63) is 52.1 Å². The number of halogens is 2. The second-order valence-electron chi connectivity index (χ2n) is 3.85. The van der Waals surface area contributed by atoms with Gasteiger partial charge in [-0.05, 0) is 31.2 Å². The molecule has 1 amide bonds. The van der Waals surface area contributed by atoms with Gasteiger partial charge in [-0.2, -0.15) is 0 Å². The van der Waals surface area contributed by atoms with Gasteiger partial charge in [0.15, 0.2) is 0 Å². The van der Waals surface area contributed by atoms with E-state index in [1.807, 2.05) is 0 Å². The number of carbonyl (C=O) groups is 1. The van der Waals surface area contributed by atoms with Crippen LogP contribution in [0.3, 0.4) is 0 Å². The highest BCUT2D eigenvalue weighted by Gasteiger charge is 2.19. The van der Waals surface area contributed by atoms with Crippen molar-refractivity contribution in [3.63, 3.8) is 0 Å². The third kappa shape index (κ3) is 2.31. The molecule has 0 radical (unpaired) electrons. The summed E-state index contributed by atoms with van der Waals surface area (Å²) in [7, 11) is 1.53. The number of anilines is 1. The molecule has 2 aromatic rings. The minimum atomic E-state index is -0.457. The van der Waals surface area contributed by atoms with Crippen molar-refractivity contribution in [1.82, 2.24) is 0 Å². The van der Waals surface area contributed by atoms with Gasteiger partial charge in [0.25, 0.3) is 5.91 Å². The number of amides is 1. The molecule has 0 atom stereocenters. The van der Waals surface area contributed by atoms with Crippen molar-refractivity contribution in [2.24, 2.45) is 0 Å². The Morgan fingerprint density at radius 3 is 2.67 bits per heavy atom. The van der Waals surface area contributed by atoms with E-state index in [-0.39, 0.29) is 11.6 Å². The van der Waals surface area contributed by atoms with Crippen molar-refractivity contribution < 1.29 is 13.6 Å². The first-order valence-corrected chi connectivity index (χ1v) is 6.07. The summed E-state index contributed by atoms with van der Waals surface area (Å²) in [6, 6.07) is 6.13. The molecule has 0 saturated carbocycles. The summed E-state index contributed by atoms with van der Waals surface area (Å²) < 4.78 is 19.5. The maximum Gasteiger partial charge on any atom is 0.261 e. The lowest BCUT2D eigenvalue weighted by molar-refractivity contribution is 0.0990. The molecule has 1 aromatic heterocycles. The standard InChI is InChI=1S/C13H11BrFNO2/c1-8-10(5-6-18-8)13(17)16(2)12-4-3-9(14)7-11(12)15/h3-7H,1-2H3. The summed E-state index contributed by atoms with van der Waals surface area (Å²) in [5.74, 6) is -0.242. The van der Waals surface area contributed by atoms with Gasteiger partial charge in [-0.15, -0.1) is 0 Å². The van der Waals surface area contributed by atoms with Gasteiger partial charge >= 0.3 is 0 Å². The van der Waals surface area contributed by atoms with Gasteiger partial charge in [0.2, 0.25) is 0 Å². The molecule has 0 unspecified atom stereocenters. The van der Waals surface area contributed by atoms with E-state index >= 15 is 0 Å². The van der Waals surface area contributed by atoms with Crippen molar-refractivity contribution in [2.45, 2.75) is 6.92 Å². The van der Waals surface area contributed by atoms with Crippen molar-refractivity contribution in [1.29, 1.82) is 0 Å². The SMILES string of the molecule is Cc1occc1C(=O)N(C)c1ccc(Br)cc1F. The molecule has 0 fully saturated rings. The molecule has 0 aliphatic rings. The van der Waals surface area contributed by atoms with Crippen molar-refractivity contribution in [3.8, 4) is 0 Å². The first-order chi connectivity index (χ1) is 8.50. The zero-order valence-electron chi connectivity index (χ0n) is 9.91. The Morgan fingerprint density at radius 2 is 2.11 bits per heavy atom. The minimum absolute atomic E-state index is 0.226. The Labute approximate surface area is 112 Å². The van der Waals surface area contributed by atoms with Crippen LogP contribution in [-0.2, 0) is 0 Å². The van der Waals surface area contributed by atoms with E-state index < -0.39 is 5.82 Å². The number of nitrogens with zero attached hydrogens (tertiary/aromatic N) is 1. The van der Waals surface area contributed by atoms with Gasteiger partial charge < -0.3 is 9.32 Å². The van der Waals surface area contributed by atoms with Crippen LogP contribution in [0.15, 0.2) is 39.4 Å². The number of hydrogen-bond donors (Lipinski definition) is 0. The Bertz CT molecular complexity index is 594. The van der Waals surface area contributed by atoms with Gasteiger partial charge in [0, 0.05) is 11.5 Å². The fourth-order valence-corrected chi connectivity index (χ4v) is 1.98. The maximum absolute atomic E-state index is 13.8. The maximum atomic E-state index is 13.8. The second-order valence-corrected chi connectivity index (χ2v) is 4.77. The van der Waals surface area contributed by atoms with Gasteiger partial charge in [0.05, 0.1) is 17.5 Å². The zero-order valence-corrected chi connectivity index (χ0v) is 11.5. The predicted octanol–water partition coefficient (Wildman–Crippen LogP) is 3.77. The van der Waals surface area contributed by atoms with Crippen LogP contribution in [0.5, 0.6) is 0 Å². The molecule has 0 N–H and O–H groups in total. The van der Waals surface area contributed by atoms with Crippen LogP contribution in [0.25, 0.3) is 0 Å². The van der Waals surface area contributed by atoms with Gasteiger partial charge in [-0.3, -0.25) is 4.79 Å². The highest BCUT2D eigenvalue weighted by Crippen LogP contribution is 2.24. The number of carbonyl (C=O) groups excluding carboxylic acids is 1. The summed E-state index contributed by atoms with van der Waals surface area (Å²) in [6.07, 6.45) is 1.44. The highest BCUT2D eigenvalue weighted by atomic mass is 79.9. The molecule has 1 aromatic carbocycles. The highest BCUT2D eigenvalue weighted by molar-refractivity contribution is 9.10. The quantitative estimate of drug-likeness (QED) is 0.846. The number of hydrogen-bond acceptors (Lipinski definition) is 2. The topological polar surface area (TPSA) is 33.5 Å². The first-order valence-electron chi connectivity index (χ1n) is 5.28. The average molecular weight is 312 g/mol. The van der Waals surface area contributed by atoms with Gasteiger partial charge in [-0.25, -0.2) is 4.39 Å². The van der Waals surface area contributed by atoms with E-state index in [0.29, 0.717) is 15.8 Å². The number of benzene rings is 1. The third-order valence-corrected chi connectivity index (χ3v) is 3.16. The third-order valence-electron chi connectivity index (χ3n) is 2.66. The fraction of sp³-hybridized carbons (Fsp3) is 0.154. The van der Waals surface area contributed by atoms with Crippen LogP contribution in [0.4, 0.5) is 10.1 Å². The van der Waals surface area contributed by atoms with Crippen molar-refractivity contribution in [2.75, 3.05) is 11.9 Å². The van der Waals surface area contributed by atoms with Crippen LogP contribution in [-0.4, -0.2) is 13.0 Å². The Balaban J connectivity index is 2.34. The minimum Gasteiger partial charge on any atom is -0.469 e. The Hall–Kier alpha value is -1.62. The van der Waals surface area contributed by atoms with E-state index in [1.54, 1.807) is 25.1 Å². The summed E-state index contributed by atoms with van der Waals surface area (Å²) in [5, 5.41) is 0. The Kier molecular flexibility index (Phi) is 3.52. The molecule has 0 saturated heterocycles. The predicted molar refractivity (Wildman–Crippen MR) is 70.3 cm³/mol. The van der Waals surface area contributed by atoms with Crippen LogP contribution in [0.1, 0.15) is 16.1 Å². The van der Waals surface area contributed by atoms with Crippen LogP contribution >= 0.6 is 15.9 Å². The summed E-state index contributed by atoms with van der Waals surface area (Å²) >= 11 is 3.17. The number of furan rings is 1. The smallest absolute Gasteiger partial charge is 0.261 e. The lowest BCUT2D eigenvalue weighted by Gasteiger charge is -2.17. The van der Waals surface area contributed by atoms with Crippen LogP contribution < -0.4 is 4.90 Å². The normalized spacial score (nSPS) is 10.4. The molecular weight excluding hydrogens is 301 g/mol.